The lowest BCUT2D eigenvalue weighted by Gasteiger charge is -2.07. The summed E-state index contributed by atoms with van der Waals surface area (Å²) in [6, 6.07) is 0. The van der Waals surface area contributed by atoms with Crippen LogP contribution in [0.3, 0.4) is 0 Å². The zero-order valence-electron chi connectivity index (χ0n) is 15.6. The third-order valence-corrected chi connectivity index (χ3v) is 3.42. The maximum Gasteiger partial charge on any atom is 0.344 e. The van der Waals surface area contributed by atoms with E-state index in [-0.39, 0.29) is 6.42 Å². The number of carboxylic acids is 1. The topological polar surface area (TPSA) is 63.6 Å². The largest absolute Gasteiger partial charge is 0.479 e. The number of aliphatic carboxylic acids is 1. The highest BCUT2D eigenvalue weighted by molar-refractivity contribution is 5.77. The number of ether oxygens (including phenoxy) is 1. The molecule has 1 N–H and O–H groups in total. The maximum absolute atomic E-state index is 11.3. The van der Waals surface area contributed by atoms with E-state index >= 15 is 0 Å². The average Bonchev–Trinajstić information content (AvgIpc) is 2.54. The van der Waals surface area contributed by atoms with Gasteiger partial charge in [0.25, 0.3) is 0 Å². The number of carbonyl (C=O) groups is 2. The van der Waals surface area contributed by atoms with Crippen LogP contribution in [0, 0.1) is 29.6 Å². The molecule has 0 aliphatic heterocycles. The van der Waals surface area contributed by atoms with Gasteiger partial charge in [0.2, 0.25) is 0 Å². The van der Waals surface area contributed by atoms with E-state index in [0.29, 0.717) is 12.8 Å². The van der Waals surface area contributed by atoms with Crippen LogP contribution in [0.2, 0.25) is 0 Å². The monoisotopic (exact) mass is 346 g/mol. The Morgan fingerprint density at radius 2 is 1.84 bits per heavy atom. The van der Waals surface area contributed by atoms with Crippen LogP contribution in [0.25, 0.3) is 0 Å². The molecule has 25 heavy (non-hydrogen) atoms. The molecule has 0 saturated heterocycles. The predicted octanol–water partition coefficient (Wildman–Crippen LogP) is 4.34. The summed E-state index contributed by atoms with van der Waals surface area (Å²) in [6.45, 7) is 5.83. The zero-order valence-corrected chi connectivity index (χ0v) is 15.6. The van der Waals surface area contributed by atoms with Crippen molar-refractivity contribution in [1.29, 1.82) is 0 Å². The Morgan fingerprint density at radius 3 is 2.52 bits per heavy atom. The molecule has 138 valence electrons. The minimum absolute atomic E-state index is 0.163. The van der Waals surface area contributed by atoms with Gasteiger partial charge in [-0.1, -0.05) is 51.0 Å². The number of carboxylic acid groups (broad SMARTS) is 1. The van der Waals surface area contributed by atoms with Gasteiger partial charge in [-0.25, -0.2) is 4.79 Å². The molecule has 0 aliphatic rings. The smallest absolute Gasteiger partial charge is 0.344 e. The molecule has 0 unspecified atom stereocenters. The van der Waals surface area contributed by atoms with Crippen molar-refractivity contribution in [1.82, 2.24) is 0 Å². The second-order valence-electron chi connectivity index (χ2n) is 6.33. The third-order valence-electron chi connectivity index (χ3n) is 3.42. The summed E-state index contributed by atoms with van der Waals surface area (Å²) in [5.74, 6) is 10.3. The van der Waals surface area contributed by atoms with E-state index in [4.69, 9.17) is 9.84 Å². The van der Waals surface area contributed by atoms with Gasteiger partial charge in [0, 0.05) is 12.8 Å². The third kappa shape index (κ3) is 16.4. The Labute approximate surface area is 152 Å². The summed E-state index contributed by atoms with van der Waals surface area (Å²) in [6.07, 6.45) is 10.2. The molecule has 0 bridgehead atoms. The number of hydrogen-bond acceptors (Lipinski definition) is 3. The van der Waals surface area contributed by atoms with Crippen molar-refractivity contribution in [2.75, 3.05) is 0 Å². The maximum atomic E-state index is 11.3. The van der Waals surface area contributed by atoms with E-state index in [1.165, 1.54) is 32.6 Å². The van der Waals surface area contributed by atoms with E-state index in [2.05, 4.69) is 43.6 Å². The summed E-state index contributed by atoms with van der Waals surface area (Å²) < 4.78 is 4.71. The molecule has 4 nitrogen and oxygen atoms in total. The Bertz CT molecular complexity index is 538. The highest BCUT2D eigenvalue weighted by Crippen LogP contribution is 2.09. The van der Waals surface area contributed by atoms with Gasteiger partial charge in [-0.15, -0.1) is 0 Å². The Morgan fingerprint density at radius 1 is 1.08 bits per heavy atom. The quantitative estimate of drug-likeness (QED) is 0.343. The lowest BCUT2D eigenvalue weighted by molar-refractivity contribution is -0.162. The van der Waals surface area contributed by atoms with Crippen LogP contribution in [0.5, 0.6) is 0 Å². The van der Waals surface area contributed by atoms with Crippen LogP contribution < -0.4 is 0 Å². The van der Waals surface area contributed by atoms with Gasteiger partial charge < -0.3 is 9.84 Å². The zero-order chi connectivity index (χ0) is 18.9. The molecular weight excluding hydrogens is 316 g/mol. The average molecular weight is 346 g/mol. The van der Waals surface area contributed by atoms with Crippen LogP contribution in [-0.2, 0) is 14.3 Å². The first-order valence-corrected chi connectivity index (χ1v) is 8.99. The van der Waals surface area contributed by atoms with Crippen molar-refractivity contribution in [3.63, 3.8) is 0 Å². The van der Waals surface area contributed by atoms with Gasteiger partial charge in [0.1, 0.15) is 0 Å². The van der Waals surface area contributed by atoms with Crippen molar-refractivity contribution in [3.05, 3.63) is 12.2 Å². The fraction of sp³-hybridized carbons (Fsp3) is 0.619. The van der Waals surface area contributed by atoms with Gasteiger partial charge in [0.05, 0.1) is 0 Å². The van der Waals surface area contributed by atoms with Crippen molar-refractivity contribution in [2.45, 2.75) is 78.2 Å². The fourth-order valence-corrected chi connectivity index (χ4v) is 1.95. The molecule has 0 amide bonds. The standard InChI is InChI=1S/C21H30O4/c1-18(2)16-14-12-10-8-6-4-5-7-9-11-13-15-17-20(22)25-19(3)21(23)24/h4,6,18-19H,8,10,12-17H2,1-3H3,(H,23,24)/b6-4+/t19-/m0/s1. The van der Waals surface area contributed by atoms with Crippen molar-refractivity contribution < 1.29 is 19.4 Å². The molecule has 0 aromatic heterocycles. The number of unbranched alkanes of at least 4 members (excludes halogenated alkanes) is 4. The summed E-state index contributed by atoms with van der Waals surface area (Å²) in [7, 11) is 0. The first-order valence-electron chi connectivity index (χ1n) is 8.99. The fourth-order valence-electron chi connectivity index (χ4n) is 1.95. The van der Waals surface area contributed by atoms with E-state index in [1.807, 2.05) is 6.08 Å². The first kappa shape index (κ1) is 22.8. The Kier molecular flexibility index (Phi) is 14.0. The summed E-state index contributed by atoms with van der Waals surface area (Å²) in [5.41, 5.74) is 0. The second kappa shape index (κ2) is 15.3. The van der Waals surface area contributed by atoms with Crippen LogP contribution in [0.1, 0.15) is 72.1 Å². The molecule has 0 aromatic rings. The van der Waals surface area contributed by atoms with Crippen molar-refractivity contribution in [3.8, 4) is 23.7 Å². The number of esters is 1. The van der Waals surface area contributed by atoms with Gasteiger partial charge in [-0.2, -0.15) is 0 Å². The van der Waals surface area contributed by atoms with Crippen molar-refractivity contribution >= 4 is 11.9 Å². The lowest BCUT2D eigenvalue weighted by atomic mass is 10.0. The molecule has 0 aromatic carbocycles. The molecule has 0 saturated carbocycles. The summed E-state index contributed by atoms with van der Waals surface area (Å²) in [5, 5.41) is 8.61. The van der Waals surface area contributed by atoms with Gasteiger partial charge in [-0.3, -0.25) is 4.79 Å². The Hall–Kier alpha value is -2.20. The molecule has 0 spiro atoms. The number of rotatable bonds is 11. The minimum atomic E-state index is -1.15. The van der Waals surface area contributed by atoms with Crippen LogP contribution in [-0.4, -0.2) is 23.1 Å². The Balaban J connectivity index is 3.68. The molecule has 1 atom stereocenters. The van der Waals surface area contributed by atoms with E-state index in [0.717, 1.165) is 12.3 Å². The van der Waals surface area contributed by atoms with Gasteiger partial charge in [0.15, 0.2) is 6.10 Å². The highest BCUT2D eigenvalue weighted by Gasteiger charge is 2.15. The minimum Gasteiger partial charge on any atom is -0.479 e. The highest BCUT2D eigenvalue weighted by atomic mass is 16.6. The van der Waals surface area contributed by atoms with E-state index < -0.39 is 18.0 Å². The molecule has 0 rings (SSSR count). The van der Waals surface area contributed by atoms with Crippen LogP contribution >= 0.6 is 0 Å². The molecule has 0 heterocycles. The summed E-state index contributed by atoms with van der Waals surface area (Å²) in [4.78, 5) is 21.8. The van der Waals surface area contributed by atoms with Crippen LogP contribution in [0.15, 0.2) is 12.2 Å². The van der Waals surface area contributed by atoms with Crippen LogP contribution in [0.4, 0.5) is 0 Å². The molecular formula is C21H30O4. The number of allylic oxidation sites excluding steroid dienone is 2. The van der Waals surface area contributed by atoms with Gasteiger partial charge in [-0.05, 0) is 50.0 Å². The van der Waals surface area contributed by atoms with Gasteiger partial charge >= 0.3 is 11.9 Å². The predicted molar refractivity (Wildman–Crippen MR) is 99.7 cm³/mol. The SMILES string of the molecule is CC(C)CCCCC/C=C/C#CC#CCCCC(=O)O[C@@H](C)C(=O)O. The molecule has 0 aliphatic carbocycles. The van der Waals surface area contributed by atoms with E-state index in [9.17, 15) is 9.59 Å². The second-order valence-corrected chi connectivity index (χ2v) is 6.33. The first-order chi connectivity index (χ1) is 11.9. The number of carbonyl (C=O) groups excluding carboxylic acids is 1. The normalized spacial score (nSPS) is 11.4. The molecule has 4 heteroatoms. The van der Waals surface area contributed by atoms with Crippen molar-refractivity contribution in [2.24, 2.45) is 5.92 Å². The molecule has 0 fully saturated rings. The summed E-state index contributed by atoms with van der Waals surface area (Å²) >= 11 is 0. The lowest BCUT2D eigenvalue weighted by Crippen LogP contribution is -2.23. The number of hydrogen-bond donors (Lipinski definition) is 1. The van der Waals surface area contributed by atoms with E-state index in [1.54, 1.807) is 0 Å². The molecule has 0 radical (unpaired) electrons.